The van der Waals surface area contributed by atoms with Gasteiger partial charge in [-0.3, -0.25) is 4.79 Å². The van der Waals surface area contributed by atoms with E-state index in [-0.39, 0.29) is 23.7 Å². The quantitative estimate of drug-likeness (QED) is 0.721. The number of carbonyl (C=O) groups excluding carboxylic acids is 1. The number of hydrogen-bond donors (Lipinski definition) is 0. The predicted octanol–water partition coefficient (Wildman–Crippen LogP) is 2.40. The Bertz CT molecular complexity index is 547. The molecule has 1 aromatic carbocycles. The molecule has 0 aliphatic rings. The summed E-state index contributed by atoms with van der Waals surface area (Å²) >= 11 is 0. The van der Waals surface area contributed by atoms with E-state index in [0.29, 0.717) is 17.7 Å². The van der Waals surface area contributed by atoms with Gasteiger partial charge in [0, 0.05) is 17.7 Å². The van der Waals surface area contributed by atoms with Crippen LogP contribution in [-0.4, -0.2) is 32.8 Å². The van der Waals surface area contributed by atoms with E-state index in [4.69, 9.17) is 4.74 Å². The maximum atomic E-state index is 11.9. The second-order valence-corrected chi connectivity index (χ2v) is 6.92. The van der Waals surface area contributed by atoms with E-state index in [1.165, 1.54) is 0 Å². The highest BCUT2D eigenvalue weighted by molar-refractivity contribution is 7.91. The molecular formula is C14H20O4S. The molecule has 4 nitrogen and oxygen atoms in total. The standard InChI is InChI=1S/C14H20O4S/c1-4-19(16,17)9-5-6-13(15)12-8-7-11(2)14(10-12)18-3/h7-8,10H,4-6,9H2,1-3H3. The van der Waals surface area contributed by atoms with Crippen LogP contribution in [0.2, 0.25) is 0 Å². The Balaban J connectivity index is 2.64. The summed E-state index contributed by atoms with van der Waals surface area (Å²) in [6.07, 6.45) is 0.608. The van der Waals surface area contributed by atoms with Gasteiger partial charge < -0.3 is 4.74 Å². The highest BCUT2D eigenvalue weighted by atomic mass is 32.2. The molecule has 0 saturated heterocycles. The van der Waals surface area contributed by atoms with E-state index < -0.39 is 9.84 Å². The molecule has 0 fully saturated rings. The van der Waals surface area contributed by atoms with Gasteiger partial charge >= 0.3 is 0 Å². The first kappa shape index (κ1) is 15.7. The van der Waals surface area contributed by atoms with E-state index in [9.17, 15) is 13.2 Å². The molecule has 0 spiro atoms. The second kappa shape index (κ2) is 6.70. The van der Waals surface area contributed by atoms with Gasteiger partial charge in [-0.2, -0.15) is 0 Å². The maximum absolute atomic E-state index is 11.9. The first-order valence-corrected chi connectivity index (χ1v) is 8.10. The molecule has 0 radical (unpaired) electrons. The van der Waals surface area contributed by atoms with Crippen molar-refractivity contribution in [1.82, 2.24) is 0 Å². The summed E-state index contributed by atoms with van der Waals surface area (Å²) in [6, 6.07) is 5.27. The molecule has 1 rings (SSSR count). The molecule has 1 aromatic rings. The Morgan fingerprint density at radius 1 is 1.32 bits per heavy atom. The van der Waals surface area contributed by atoms with Crippen LogP contribution in [0.5, 0.6) is 5.75 Å². The zero-order chi connectivity index (χ0) is 14.5. The van der Waals surface area contributed by atoms with Gasteiger partial charge in [0.1, 0.15) is 15.6 Å². The first-order valence-electron chi connectivity index (χ1n) is 6.28. The first-order chi connectivity index (χ1) is 8.89. The van der Waals surface area contributed by atoms with Crippen LogP contribution in [0.25, 0.3) is 0 Å². The van der Waals surface area contributed by atoms with Crippen molar-refractivity contribution < 1.29 is 17.9 Å². The van der Waals surface area contributed by atoms with E-state index in [2.05, 4.69) is 0 Å². The van der Waals surface area contributed by atoms with Gasteiger partial charge in [0.25, 0.3) is 0 Å². The van der Waals surface area contributed by atoms with Crippen LogP contribution in [0, 0.1) is 6.92 Å². The zero-order valence-corrected chi connectivity index (χ0v) is 12.4. The van der Waals surface area contributed by atoms with Crippen molar-refractivity contribution in [2.45, 2.75) is 26.7 Å². The number of ketones is 1. The Kier molecular flexibility index (Phi) is 5.54. The molecule has 5 heteroatoms. The van der Waals surface area contributed by atoms with Crippen LogP contribution >= 0.6 is 0 Å². The Hall–Kier alpha value is -1.36. The van der Waals surface area contributed by atoms with E-state index in [1.807, 2.05) is 13.0 Å². The topological polar surface area (TPSA) is 60.4 Å². The molecular weight excluding hydrogens is 264 g/mol. The van der Waals surface area contributed by atoms with Gasteiger partial charge in [-0.05, 0) is 25.0 Å². The van der Waals surface area contributed by atoms with Crippen molar-refractivity contribution in [2.75, 3.05) is 18.6 Å². The SMILES string of the molecule is CCS(=O)(=O)CCCC(=O)c1ccc(C)c(OC)c1. The fourth-order valence-corrected chi connectivity index (χ4v) is 2.61. The number of carbonyl (C=O) groups is 1. The lowest BCUT2D eigenvalue weighted by atomic mass is 10.0. The summed E-state index contributed by atoms with van der Waals surface area (Å²) in [5.74, 6) is 0.814. The van der Waals surface area contributed by atoms with Crippen molar-refractivity contribution in [3.8, 4) is 5.75 Å². The number of aryl methyl sites for hydroxylation is 1. The van der Waals surface area contributed by atoms with Crippen LogP contribution in [0.15, 0.2) is 18.2 Å². The third kappa shape index (κ3) is 4.67. The molecule has 0 saturated carbocycles. The number of ether oxygens (including phenoxy) is 1. The number of sulfone groups is 1. The fraction of sp³-hybridized carbons (Fsp3) is 0.500. The number of rotatable bonds is 7. The smallest absolute Gasteiger partial charge is 0.163 e. The molecule has 0 amide bonds. The summed E-state index contributed by atoms with van der Waals surface area (Å²) in [5.41, 5.74) is 1.53. The average Bonchev–Trinajstić information content (AvgIpc) is 2.39. The van der Waals surface area contributed by atoms with Crippen molar-refractivity contribution >= 4 is 15.6 Å². The average molecular weight is 284 g/mol. The van der Waals surface area contributed by atoms with Crippen molar-refractivity contribution in [1.29, 1.82) is 0 Å². The third-order valence-electron chi connectivity index (χ3n) is 3.03. The lowest BCUT2D eigenvalue weighted by Gasteiger charge is -2.07. The predicted molar refractivity (Wildman–Crippen MR) is 75.6 cm³/mol. The van der Waals surface area contributed by atoms with Gasteiger partial charge in [-0.25, -0.2) is 8.42 Å². The lowest BCUT2D eigenvalue weighted by molar-refractivity contribution is 0.0981. The highest BCUT2D eigenvalue weighted by Gasteiger charge is 2.12. The molecule has 0 N–H and O–H groups in total. The Morgan fingerprint density at radius 2 is 2.00 bits per heavy atom. The Labute approximate surface area is 114 Å². The second-order valence-electron chi connectivity index (χ2n) is 4.45. The van der Waals surface area contributed by atoms with Crippen LogP contribution in [-0.2, 0) is 9.84 Å². The summed E-state index contributed by atoms with van der Waals surface area (Å²) in [7, 11) is -1.43. The maximum Gasteiger partial charge on any atom is 0.163 e. The highest BCUT2D eigenvalue weighted by Crippen LogP contribution is 2.20. The molecule has 0 unspecified atom stereocenters. The van der Waals surface area contributed by atoms with Crippen molar-refractivity contribution in [3.63, 3.8) is 0 Å². The number of hydrogen-bond acceptors (Lipinski definition) is 4. The van der Waals surface area contributed by atoms with Crippen molar-refractivity contribution in [2.24, 2.45) is 0 Å². The molecule has 0 aromatic heterocycles. The minimum atomic E-state index is -2.99. The molecule has 0 atom stereocenters. The minimum Gasteiger partial charge on any atom is -0.496 e. The lowest BCUT2D eigenvalue weighted by Crippen LogP contribution is -2.10. The number of Topliss-reactive ketones (excluding diaryl/α,β-unsaturated/α-hetero) is 1. The van der Waals surface area contributed by atoms with E-state index in [1.54, 1.807) is 26.2 Å². The van der Waals surface area contributed by atoms with Gasteiger partial charge in [0.05, 0.1) is 12.9 Å². The summed E-state index contributed by atoms with van der Waals surface area (Å²) in [6.45, 7) is 3.52. The normalized spacial score (nSPS) is 11.3. The summed E-state index contributed by atoms with van der Waals surface area (Å²) in [4.78, 5) is 11.9. The fourth-order valence-electron chi connectivity index (χ4n) is 1.73. The molecule has 0 aliphatic carbocycles. The molecule has 0 aliphatic heterocycles. The number of benzene rings is 1. The third-order valence-corrected chi connectivity index (χ3v) is 4.82. The van der Waals surface area contributed by atoms with Crippen LogP contribution in [0.3, 0.4) is 0 Å². The van der Waals surface area contributed by atoms with Gasteiger partial charge in [0.15, 0.2) is 5.78 Å². The van der Waals surface area contributed by atoms with E-state index >= 15 is 0 Å². The van der Waals surface area contributed by atoms with Gasteiger partial charge in [-0.15, -0.1) is 0 Å². The van der Waals surface area contributed by atoms with Gasteiger partial charge in [0.2, 0.25) is 0 Å². The monoisotopic (exact) mass is 284 g/mol. The van der Waals surface area contributed by atoms with E-state index in [0.717, 1.165) is 5.56 Å². The van der Waals surface area contributed by atoms with Crippen molar-refractivity contribution in [3.05, 3.63) is 29.3 Å². The molecule has 106 valence electrons. The zero-order valence-electron chi connectivity index (χ0n) is 11.6. The van der Waals surface area contributed by atoms with Gasteiger partial charge in [-0.1, -0.05) is 19.1 Å². The molecule has 0 bridgehead atoms. The Morgan fingerprint density at radius 3 is 2.58 bits per heavy atom. The number of methoxy groups -OCH3 is 1. The summed E-state index contributed by atoms with van der Waals surface area (Å²) in [5, 5.41) is 0. The molecule has 0 heterocycles. The van der Waals surface area contributed by atoms with Crippen LogP contribution in [0.4, 0.5) is 0 Å². The largest absolute Gasteiger partial charge is 0.496 e. The summed E-state index contributed by atoms with van der Waals surface area (Å²) < 4.78 is 27.8. The minimum absolute atomic E-state index is 0.0513. The molecule has 19 heavy (non-hydrogen) atoms. The van der Waals surface area contributed by atoms with Crippen LogP contribution in [0.1, 0.15) is 35.7 Å². The van der Waals surface area contributed by atoms with Crippen LogP contribution < -0.4 is 4.74 Å².